The van der Waals surface area contributed by atoms with Crippen LogP contribution in [0.25, 0.3) is 0 Å². The fourth-order valence-corrected chi connectivity index (χ4v) is 2.73. The van der Waals surface area contributed by atoms with E-state index in [0.717, 1.165) is 23.9 Å². The molecule has 6 nitrogen and oxygen atoms in total. The second-order valence-corrected chi connectivity index (χ2v) is 6.32. The number of carbonyl (C=O) groups excluding carboxylic acids is 2. The maximum absolute atomic E-state index is 12.3. The number of rotatable bonds is 5. The van der Waals surface area contributed by atoms with Gasteiger partial charge in [0.05, 0.1) is 19.0 Å². The highest BCUT2D eigenvalue weighted by Gasteiger charge is 2.26. The van der Waals surface area contributed by atoms with Crippen LogP contribution in [-0.2, 0) is 9.59 Å². The van der Waals surface area contributed by atoms with E-state index in [2.05, 4.69) is 37.5 Å². The van der Waals surface area contributed by atoms with Crippen molar-refractivity contribution in [1.29, 1.82) is 0 Å². The molecule has 0 spiro atoms. The van der Waals surface area contributed by atoms with Gasteiger partial charge in [0, 0.05) is 17.2 Å². The topological polar surface area (TPSA) is 74.3 Å². The van der Waals surface area contributed by atoms with E-state index in [9.17, 15) is 9.59 Å². The summed E-state index contributed by atoms with van der Waals surface area (Å²) < 4.78 is 0.859. The summed E-state index contributed by atoms with van der Waals surface area (Å²) in [5.41, 5.74) is 0. The van der Waals surface area contributed by atoms with Crippen molar-refractivity contribution in [2.45, 2.75) is 12.8 Å². The summed E-state index contributed by atoms with van der Waals surface area (Å²) in [4.78, 5) is 30.2. The predicted molar refractivity (Wildman–Crippen MR) is 91.6 cm³/mol. The fraction of sp³-hybridized carbons (Fsp3) is 0.438. The van der Waals surface area contributed by atoms with Crippen LogP contribution >= 0.6 is 15.9 Å². The SMILES string of the molecule is C#CCNC(=O)CN1CCCC(C(=O)Nc2ccc(Br)cn2)C1. The smallest absolute Gasteiger partial charge is 0.234 e. The quantitative estimate of drug-likeness (QED) is 0.756. The molecule has 1 aromatic rings. The first kappa shape index (κ1) is 17.4. The number of pyridine rings is 1. The van der Waals surface area contributed by atoms with Gasteiger partial charge in [0.15, 0.2) is 0 Å². The summed E-state index contributed by atoms with van der Waals surface area (Å²) in [6, 6.07) is 3.57. The molecule has 2 N–H and O–H groups in total. The Morgan fingerprint density at radius 3 is 3.00 bits per heavy atom. The molecule has 23 heavy (non-hydrogen) atoms. The third-order valence-electron chi connectivity index (χ3n) is 3.61. The molecule has 1 fully saturated rings. The minimum Gasteiger partial charge on any atom is -0.344 e. The van der Waals surface area contributed by atoms with E-state index in [1.165, 1.54) is 0 Å². The number of hydrogen-bond donors (Lipinski definition) is 2. The molecule has 2 heterocycles. The Bertz CT molecular complexity index is 597. The maximum atomic E-state index is 12.3. The Morgan fingerprint density at radius 2 is 2.30 bits per heavy atom. The van der Waals surface area contributed by atoms with Gasteiger partial charge in [-0.3, -0.25) is 14.5 Å². The molecule has 2 rings (SSSR count). The Balaban J connectivity index is 1.85. The second kappa shape index (κ2) is 8.65. The average Bonchev–Trinajstić information content (AvgIpc) is 2.55. The lowest BCUT2D eigenvalue weighted by Gasteiger charge is -2.31. The van der Waals surface area contributed by atoms with E-state index in [-0.39, 0.29) is 30.8 Å². The van der Waals surface area contributed by atoms with Crippen LogP contribution in [0.4, 0.5) is 5.82 Å². The van der Waals surface area contributed by atoms with Crippen molar-refractivity contribution in [2.75, 3.05) is 31.5 Å². The summed E-state index contributed by atoms with van der Waals surface area (Å²) in [6.45, 7) is 1.86. The lowest BCUT2D eigenvalue weighted by molar-refractivity contribution is -0.125. The van der Waals surface area contributed by atoms with E-state index in [0.29, 0.717) is 12.4 Å². The Labute approximate surface area is 144 Å². The summed E-state index contributed by atoms with van der Waals surface area (Å²) >= 11 is 3.30. The van der Waals surface area contributed by atoms with Gasteiger partial charge in [0.1, 0.15) is 5.82 Å². The molecule has 1 saturated heterocycles. The Morgan fingerprint density at radius 1 is 1.48 bits per heavy atom. The zero-order valence-corrected chi connectivity index (χ0v) is 14.3. The number of terminal acetylenes is 1. The first-order chi connectivity index (χ1) is 11.1. The van der Waals surface area contributed by atoms with Crippen LogP contribution in [0.3, 0.4) is 0 Å². The number of carbonyl (C=O) groups is 2. The standard InChI is InChI=1S/C16H19BrN4O2/c1-2-7-18-15(22)11-21-8-3-4-12(10-21)16(23)20-14-6-5-13(17)9-19-14/h1,5-6,9,12H,3-4,7-8,10-11H2,(H,18,22)(H,19,20,23). The molecule has 1 unspecified atom stereocenters. The molecule has 1 aliphatic heterocycles. The molecule has 1 atom stereocenters. The number of likely N-dealkylation sites (tertiary alicyclic amines) is 1. The molecular formula is C16H19BrN4O2. The monoisotopic (exact) mass is 378 g/mol. The van der Waals surface area contributed by atoms with Crippen molar-refractivity contribution in [3.63, 3.8) is 0 Å². The van der Waals surface area contributed by atoms with Crippen LogP contribution in [-0.4, -0.2) is 47.9 Å². The summed E-state index contributed by atoms with van der Waals surface area (Å²) in [6.07, 6.45) is 8.45. The van der Waals surface area contributed by atoms with Crippen molar-refractivity contribution < 1.29 is 9.59 Å². The van der Waals surface area contributed by atoms with Crippen LogP contribution in [0.1, 0.15) is 12.8 Å². The highest BCUT2D eigenvalue weighted by molar-refractivity contribution is 9.10. The minimum atomic E-state index is -0.144. The molecule has 0 aliphatic carbocycles. The summed E-state index contributed by atoms with van der Waals surface area (Å²) in [7, 11) is 0. The van der Waals surface area contributed by atoms with E-state index >= 15 is 0 Å². The van der Waals surface area contributed by atoms with Gasteiger partial charge in [-0.05, 0) is 47.4 Å². The van der Waals surface area contributed by atoms with Crippen LogP contribution in [0, 0.1) is 18.3 Å². The molecule has 0 aromatic carbocycles. The molecule has 1 aliphatic rings. The van der Waals surface area contributed by atoms with E-state index in [4.69, 9.17) is 6.42 Å². The first-order valence-corrected chi connectivity index (χ1v) is 8.22. The van der Waals surface area contributed by atoms with Gasteiger partial charge in [-0.1, -0.05) is 5.92 Å². The number of aromatic nitrogens is 1. The molecule has 0 radical (unpaired) electrons. The van der Waals surface area contributed by atoms with Crippen LogP contribution in [0.5, 0.6) is 0 Å². The lowest BCUT2D eigenvalue weighted by Crippen LogP contribution is -2.45. The van der Waals surface area contributed by atoms with Crippen molar-refractivity contribution in [1.82, 2.24) is 15.2 Å². The third-order valence-corrected chi connectivity index (χ3v) is 4.08. The average molecular weight is 379 g/mol. The molecule has 0 saturated carbocycles. The highest BCUT2D eigenvalue weighted by Crippen LogP contribution is 2.18. The Hall–Kier alpha value is -1.91. The highest BCUT2D eigenvalue weighted by atomic mass is 79.9. The van der Waals surface area contributed by atoms with Gasteiger partial charge in [-0.15, -0.1) is 6.42 Å². The first-order valence-electron chi connectivity index (χ1n) is 7.43. The normalized spacial score (nSPS) is 18.0. The van der Waals surface area contributed by atoms with Gasteiger partial charge in [0.2, 0.25) is 11.8 Å². The van der Waals surface area contributed by atoms with Gasteiger partial charge in [-0.2, -0.15) is 0 Å². The zero-order chi connectivity index (χ0) is 16.7. The number of amides is 2. The maximum Gasteiger partial charge on any atom is 0.234 e. The number of anilines is 1. The van der Waals surface area contributed by atoms with Crippen molar-refractivity contribution in [3.05, 3.63) is 22.8 Å². The molecular weight excluding hydrogens is 360 g/mol. The summed E-state index contributed by atoms with van der Waals surface area (Å²) in [5.74, 6) is 2.58. The van der Waals surface area contributed by atoms with Crippen molar-refractivity contribution >= 4 is 33.6 Å². The number of halogens is 1. The van der Waals surface area contributed by atoms with Gasteiger partial charge >= 0.3 is 0 Å². The van der Waals surface area contributed by atoms with Crippen LogP contribution in [0.15, 0.2) is 22.8 Å². The lowest BCUT2D eigenvalue weighted by atomic mass is 9.97. The summed E-state index contributed by atoms with van der Waals surface area (Å²) in [5, 5.41) is 5.46. The number of hydrogen-bond acceptors (Lipinski definition) is 4. The molecule has 2 amide bonds. The number of piperidine rings is 1. The largest absolute Gasteiger partial charge is 0.344 e. The molecule has 0 bridgehead atoms. The Kier molecular flexibility index (Phi) is 6.56. The fourth-order valence-electron chi connectivity index (χ4n) is 2.50. The van der Waals surface area contributed by atoms with Gasteiger partial charge in [-0.25, -0.2) is 4.98 Å². The van der Waals surface area contributed by atoms with Gasteiger partial charge in [0.25, 0.3) is 0 Å². The van der Waals surface area contributed by atoms with E-state index in [1.807, 2.05) is 11.0 Å². The van der Waals surface area contributed by atoms with Crippen molar-refractivity contribution in [3.8, 4) is 12.3 Å². The zero-order valence-electron chi connectivity index (χ0n) is 12.7. The third kappa shape index (κ3) is 5.66. The molecule has 122 valence electrons. The van der Waals surface area contributed by atoms with Crippen molar-refractivity contribution in [2.24, 2.45) is 5.92 Å². The van der Waals surface area contributed by atoms with Crippen LogP contribution < -0.4 is 10.6 Å². The van der Waals surface area contributed by atoms with Crippen LogP contribution in [0.2, 0.25) is 0 Å². The van der Waals surface area contributed by atoms with Gasteiger partial charge < -0.3 is 10.6 Å². The molecule has 1 aromatic heterocycles. The second-order valence-electron chi connectivity index (χ2n) is 5.41. The number of nitrogens with zero attached hydrogens (tertiary/aromatic N) is 2. The minimum absolute atomic E-state index is 0.0615. The number of nitrogens with one attached hydrogen (secondary N) is 2. The molecule has 7 heteroatoms. The van der Waals surface area contributed by atoms with E-state index in [1.54, 1.807) is 12.3 Å². The van der Waals surface area contributed by atoms with E-state index < -0.39 is 0 Å². The predicted octanol–water partition coefficient (Wildman–Crippen LogP) is 1.24.